The molecule has 4 nitrogen and oxygen atoms in total. The lowest BCUT2D eigenvalue weighted by Crippen LogP contribution is -2.58. The fourth-order valence-electron chi connectivity index (χ4n) is 5.10. The summed E-state index contributed by atoms with van der Waals surface area (Å²) in [5.74, 6) is 0.198. The third-order valence-electron chi connectivity index (χ3n) is 6.69. The van der Waals surface area contributed by atoms with Gasteiger partial charge in [-0.3, -0.25) is 9.59 Å². The summed E-state index contributed by atoms with van der Waals surface area (Å²) in [6, 6.07) is 7.62. The van der Waals surface area contributed by atoms with Gasteiger partial charge in [0, 0.05) is 17.1 Å². The number of piperazine rings is 1. The highest BCUT2D eigenvalue weighted by Crippen LogP contribution is 2.34. The lowest BCUT2D eigenvalue weighted by molar-refractivity contribution is -0.159. The van der Waals surface area contributed by atoms with Gasteiger partial charge in [-0.1, -0.05) is 59.0 Å². The monoisotopic (exact) mass is 458 g/mol. The minimum absolute atomic E-state index is 0.0940. The van der Waals surface area contributed by atoms with Crippen molar-refractivity contribution >= 4 is 27.7 Å². The van der Waals surface area contributed by atoms with Crippen LogP contribution in [0.5, 0.6) is 0 Å². The second-order valence-corrected chi connectivity index (χ2v) is 9.58. The van der Waals surface area contributed by atoms with Gasteiger partial charge in [0.2, 0.25) is 5.91 Å². The maximum atomic E-state index is 13.6. The molecular weight excluding hydrogens is 428 g/mol. The molecule has 0 aromatic heterocycles. The average molecular weight is 459 g/mol. The van der Waals surface area contributed by atoms with Crippen molar-refractivity contribution in [1.29, 1.82) is 0 Å². The lowest BCUT2D eigenvalue weighted by Gasteiger charge is -2.44. The molecule has 156 valence electrons. The van der Waals surface area contributed by atoms with E-state index < -0.39 is 6.04 Å². The zero-order valence-electron chi connectivity index (χ0n) is 17.1. The molecule has 1 atom stereocenters. The zero-order valence-corrected chi connectivity index (χ0v) is 18.7. The summed E-state index contributed by atoms with van der Waals surface area (Å²) >= 11 is 3.54. The van der Waals surface area contributed by atoms with Crippen molar-refractivity contribution in [3.8, 4) is 0 Å². The lowest BCUT2D eigenvalue weighted by atomic mass is 9.91. The summed E-state index contributed by atoms with van der Waals surface area (Å²) in [7, 11) is 0. The molecule has 0 N–H and O–H groups in total. The number of allylic oxidation sites excluding steroid dienone is 1. The number of hydrogen-bond donors (Lipinski definition) is 0. The minimum atomic E-state index is -0.500. The summed E-state index contributed by atoms with van der Waals surface area (Å²) in [5.41, 5.74) is 2.36. The second kappa shape index (κ2) is 9.46. The van der Waals surface area contributed by atoms with Crippen molar-refractivity contribution in [2.45, 2.75) is 76.3 Å². The van der Waals surface area contributed by atoms with Crippen LogP contribution in [0.15, 0.2) is 40.4 Å². The first-order valence-corrected chi connectivity index (χ1v) is 12.0. The van der Waals surface area contributed by atoms with Crippen LogP contribution in [0.4, 0.5) is 0 Å². The molecule has 2 amide bonds. The van der Waals surface area contributed by atoms with Crippen molar-refractivity contribution in [1.82, 2.24) is 9.80 Å². The van der Waals surface area contributed by atoms with Gasteiger partial charge in [-0.05, 0) is 62.6 Å². The van der Waals surface area contributed by atoms with Crippen LogP contribution in [0, 0.1) is 0 Å². The fraction of sp³-hybridized carbons (Fsp3) is 0.583. The molecule has 1 heterocycles. The summed E-state index contributed by atoms with van der Waals surface area (Å²) < 4.78 is 0.944. The number of carbonyl (C=O) groups excluding carboxylic acids is 2. The Kier molecular flexibility index (Phi) is 6.74. The number of rotatable bonds is 5. The molecule has 5 heteroatoms. The molecule has 4 rings (SSSR count). The van der Waals surface area contributed by atoms with Crippen molar-refractivity contribution < 1.29 is 9.59 Å². The van der Waals surface area contributed by atoms with Crippen LogP contribution in [-0.2, 0) is 9.59 Å². The Morgan fingerprint density at radius 2 is 1.86 bits per heavy atom. The first kappa shape index (κ1) is 20.6. The topological polar surface area (TPSA) is 40.6 Å². The van der Waals surface area contributed by atoms with Gasteiger partial charge in [0.05, 0.1) is 0 Å². The Bertz CT molecular complexity index is 785. The molecule has 1 aromatic carbocycles. The Hall–Kier alpha value is -1.62. The standard InChI is InChI=1S/C24H31BrN2O2/c25-20-11-7-10-19(16-20)23-24(29)27(21-12-5-2-6-13-21)17-22(28)26(23)15-14-18-8-3-1-4-9-18/h7-8,10-11,16,21,23H,1-6,9,12-15,17H2. The van der Waals surface area contributed by atoms with E-state index in [9.17, 15) is 9.59 Å². The first-order chi connectivity index (χ1) is 14.1. The van der Waals surface area contributed by atoms with E-state index in [4.69, 9.17) is 0 Å². The van der Waals surface area contributed by atoms with E-state index in [0.717, 1.165) is 55.0 Å². The second-order valence-electron chi connectivity index (χ2n) is 8.66. The molecule has 2 fully saturated rings. The van der Waals surface area contributed by atoms with Crippen LogP contribution in [0.1, 0.15) is 75.8 Å². The van der Waals surface area contributed by atoms with Gasteiger partial charge in [-0.25, -0.2) is 0 Å². The van der Waals surface area contributed by atoms with E-state index >= 15 is 0 Å². The third kappa shape index (κ3) is 4.76. The molecule has 1 saturated carbocycles. The van der Waals surface area contributed by atoms with Gasteiger partial charge >= 0.3 is 0 Å². The maximum absolute atomic E-state index is 13.6. The predicted molar refractivity (Wildman–Crippen MR) is 118 cm³/mol. The highest BCUT2D eigenvalue weighted by atomic mass is 79.9. The highest BCUT2D eigenvalue weighted by Gasteiger charge is 2.42. The van der Waals surface area contributed by atoms with E-state index in [1.54, 1.807) is 0 Å². The Morgan fingerprint density at radius 3 is 2.59 bits per heavy atom. The van der Waals surface area contributed by atoms with Crippen LogP contribution >= 0.6 is 15.9 Å². The third-order valence-corrected chi connectivity index (χ3v) is 7.19. The fourth-order valence-corrected chi connectivity index (χ4v) is 5.52. The minimum Gasteiger partial charge on any atom is -0.328 e. The van der Waals surface area contributed by atoms with Gasteiger partial charge in [0.25, 0.3) is 5.91 Å². The van der Waals surface area contributed by atoms with Crippen LogP contribution in [-0.4, -0.2) is 40.7 Å². The summed E-state index contributed by atoms with van der Waals surface area (Å²) in [6.07, 6.45) is 13.6. The highest BCUT2D eigenvalue weighted by molar-refractivity contribution is 9.10. The van der Waals surface area contributed by atoms with Crippen molar-refractivity contribution in [2.24, 2.45) is 0 Å². The van der Waals surface area contributed by atoms with Gasteiger partial charge in [0.15, 0.2) is 0 Å². The predicted octanol–water partition coefficient (Wildman–Crippen LogP) is 5.38. The largest absolute Gasteiger partial charge is 0.328 e. The SMILES string of the molecule is O=C1C(c2cccc(Br)c2)N(CCC2=CCCCC2)C(=O)CN1C1CCCCC1. The van der Waals surface area contributed by atoms with Gasteiger partial charge in [-0.2, -0.15) is 0 Å². The smallest absolute Gasteiger partial charge is 0.250 e. The average Bonchev–Trinajstić information content (AvgIpc) is 2.75. The van der Waals surface area contributed by atoms with Crippen molar-refractivity contribution in [2.75, 3.05) is 13.1 Å². The quantitative estimate of drug-likeness (QED) is 0.555. The number of halogens is 1. The molecule has 1 saturated heterocycles. The van der Waals surface area contributed by atoms with E-state index in [-0.39, 0.29) is 24.4 Å². The number of hydrogen-bond acceptors (Lipinski definition) is 2. The zero-order chi connectivity index (χ0) is 20.2. The molecule has 3 aliphatic rings. The molecular formula is C24H31BrN2O2. The molecule has 0 bridgehead atoms. The Morgan fingerprint density at radius 1 is 1.03 bits per heavy atom. The molecule has 1 aromatic rings. The van der Waals surface area contributed by atoms with Crippen LogP contribution < -0.4 is 0 Å². The first-order valence-electron chi connectivity index (χ1n) is 11.2. The Balaban J connectivity index is 1.59. The number of amides is 2. The van der Waals surface area contributed by atoms with Crippen LogP contribution in [0.2, 0.25) is 0 Å². The van der Waals surface area contributed by atoms with Gasteiger partial charge in [-0.15, -0.1) is 0 Å². The summed E-state index contributed by atoms with van der Waals surface area (Å²) in [6.45, 7) is 0.874. The maximum Gasteiger partial charge on any atom is 0.250 e. The normalized spacial score (nSPS) is 24.0. The number of benzene rings is 1. The molecule has 0 radical (unpaired) electrons. The van der Waals surface area contributed by atoms with E-state index in [2.05, 4.69) is 22.0 Å². The van der Waals surface area contributed by atoms with Crippen LogP contribution in [0.3, 0.4) is 0 Å². The van der Waals surface area contributed by atoms with E-state index in [0.29, 0.717) is 6.54 Å². The summed E-state index contributed by atoms with van der Waals surface area (Å²) in [5, 5.41) is 0. The number of nitrogens with zero attached hydrogens (tertiary/aromatic N) is 2. The molecule has 1 aliphatic heterocycles. The van der Waals surface area contributed by atoms with Gasteiger partial charge < -0.3 is 9.80 Å². The van der Waals surface area contributed by atoms with E-state index in [1.807, 2.05) is 34.1 Å². The van der Waals surface area contributed by atoms with Crippen molar-refractivity contribution in [3.05, 3.63) is 46.0 Å². The molecule has 0 spiro atoms. The van der Waals surface area contributed by atoms with Crippen molar-refractivity contribution in [3.63, 3.8) is 0 Å². The van der Waals surface area contributed by atoms with Gasteiger partial charge in [0.1, 0.15) is 12.6 Å². The molecule has 1 unspecified atom stereocenters. The number of carbonyl (C=O) groups is 2. The molecule has 2 aliphatic carbocycles. The molecule has 29 heavy (non-hydrogen) atoms. The van der Waals surface area contributed by atoms with Crippen LogP contribution in [0.25, 0.3) is 0 Å². The summed E-state index contributed by atoms with van der Waals surface area (Å²) in [4.78, 5) is 30.6. The Labute approximate surface area is 182 Å². The van der Waals surface area contributed by atoms with E-state index in [1.165, 1.54) is 24.8 Å².